The Balaban J connectivity index is 2.09. The van der Waals surface area contributed by atoms with Crippen molar-refractivity contribution in [1.82, 2.24) is 5.32 Å². The lowest BCUT2D eigenvalue weighted by atomic mass is 9.92. The van der Waals surface area contributed by atoms with E-state index in [1.54, 1.807) is 0 Å². The molecule has 1 fully saturated rings. The van der Waals surface area contributed by atoms with Gasteiger partial charge in [0.15, 0.2) is 0 Å². The van der Waals surface area contributed by atoms with Crippen LogP contribution in [0, 0.1) is 13.8 Å². The quantitative estimate of drug-likeness (QED) is 0.851. The van der Waals surface area contributed by atoms with Crippen molar-refractivity contribution in [1.29, 1.82) is 0 Å². The monoisotopic (exact) mass is 261 g/mol. The Morgan fingerprint density at radius 1 is 1.21 bits per heavy atom. The van der Waals surface area contributed by atoms with Gasteiger partial charge in [-0.2, -0.15) is 0 Å². The van der Waals surface area contributed by atoms with E-state index in [4.69, 9.17) is 5.11 Å². The van der Waals surface area contributed by atoms with Gasteiger partial charge >= 0.3 is 5.97 Å². The lowest BCUT2D eigenvalue weighted by molar-refractivity contribution is -0.137. The summed E-state index contributed by atoms with van der Waals surface area (Å²) in [5.74, 6) is -0.935. The van der Waals surface area contributed by atoms with Crippen LogP contribution in [0.1, 0.15) is 36.0 Å². The van der Waals surface area contributed by atoms with Crippen LogP contribution >= 0.6 is 0 Å². The predicted octanol–water partition coefficient (Wildman–Crippen LogP) is 1.93. The lowest BCUT2D eigenvalue weighted by Gasteiger charge is -2.16. The minimum Gasteiger partial charge on any atom is -0.481 e. The fourth-order valence-corrected chi connectivity index (χ4v) is 2.47. The zero-order valence-corrected chi connectivity index (χ0v) is 11.3. The number of carbonyl (C=O) groups excluding carboxylic acids is 1. The zero-order chi connectivity index (χ0) is 14.0. The number of carboxylic acids is 1. The van der Waals surface area contributed by atoms with Gasteiger partial charge in [-0.05, 0) is 32.3 Å². The Labute approximate surface area is 112 Å². The summed E-state index contributed by atoms with van der Waals surface area (Å²) >= 11 is 0. The average Bonchev–Trinajstić information content (AvgIpc) is 3.08. The maximum Gasteiger partial charge on any atom is 0.305 e. The fraction of sp³-hybridized carbons (Fsp3) is 0.467. The third-order valence-corrected chi connectivity index (χ3v) is 3.58. The van der Waals surface area contributed by atoms with Crippen molar-refractivity contribution in [2.75, 3.05) is 6.54 Å². The number of amides is 1. The van der Waals surface area contributed by atoms with Gasteiger partial charge in [-0.1, -0.05) is 29.3 Å². The summed E-state index contributed by atoms with van der Waals surface area (Å²) in [6.45, 7) is 4.24. The van der Waals surface area contributed by atoms with E-state index in [2.05, 4.69) is 23.5 Å². The van der Waals surface area contributed by atoms with Crippen LogP contribution in [0.5, 0.6) is 0 Å². The molecule has 19 heavy (non-hydrogen) atoms. The first-order chi connectivity index (χ1) is 8.94. The lowest BCUT2D eigenvalue weighted by Crippen LogP contribution is -2.36. The molecule has 0 atom stereocenters. The summed E-state index contributed by atoms with van der Waals surface area (Å²) in [5.41, 5.74) is 2.94. The first kappa shape index (κ1) is 13.6. The van der Waals surface area contributed by atoms with Crippen LogP contribution in [0.15, 0.2) is 18.2 Å². The summed E-state index contributed by atoms with van der Waals surface area (Å²) in [6.07, 6.45) is 1.65. The number of aryl methyl sites for hydroxylation is 2. The van der Waals surface area contributed by atoms with Crippen molar-refractivity contribution < 1.29 is 14.7 Å². The molecule has 0 bridgehead atoms. The molecule has 1 aliphatic rings. The van der Waals surface area contributed by atoms with E-state index in [0.717, 1.165) is 29.5 Å². The molecular weight excluding hydrogens is 242 g/mol. The third-order valence-electron chi connectivity index (χ3n) is 3.58. The number of carbonyl (C=O) groups is 2. The first-order valence-corrected chi connectivity index (χ1v) is 6.53. The van der Waals surface area contributed by atoms with Crippen LogP contribution in [-0.2, 0) is 15.0 Å². The van der Waals surface area contributed by atoms with Gasteiger partial charge in [-0.15, -0.1) is 0 Å². The van der Waals surface area contributed by atoms with Crippen LogP contribution in [0.4, 0.5) is 0 Å². The van der Waals surface area contributed by atoms with E-state index < -0.39 is 11.4 Å². The van der Waals surface area contributed by atoms with Crippen LogP contribution in [0.2, 0.25) is 0 Å². The molecule has 2 rings (SSSR count). The smallest absolute Gasteiger partial charge is 0.305 e. The summed E-state index contributed by atoms with van der Waals surface area (Å²) in [5, 5.41) is 11.3. The van der Waals surface area contributed by atoms with Crippen molar-refractivity contribution in [2.45, 2.75) is 38.5 Å². The van der Waals surface area contributed by atoms with Crippen molar-refractivity contribution in [3.05, 3.63) is 34.9 Å². The molecule has 1 amide bonds. The predicted molar refractivity (Wildman–Crippen MR) is 72.1 cm³/mol. The molecule has 1 saturated carbocycles. The number of hydrogen-bond acceptors (Lipinski definition) is 2. The van der Waals surface area contributed by atoms with Gasteiger partial charge in [-0.25, -0.2) is 0 Å². The molecule has 1 aromatic carbocycles. The molecule has 4 nitrogen and oxygen atoms in total. The van der Waals surface area contributed by atoms with Crippen LogP contribution in [0.25, 0.3) is 0 Å². The SMILES string of the molecule is Cc1cc(C)cc(C2(C(=O)NCCC(=O)O)CC2)c1. The average molecular weight is 261 g/mol. The molecular formula is C15H19NO3. The Morgan fingerprint density at radius 3 is 2.26 bits per heavy atom. The molecule has 0 spiro atoms. The van der Waals surface area contributed by atoms with Crippen LogP contribution in [-0.4, -0.2) is 23.5 Å². The maximum atomic E-state index is 12.2. The van der Waals surface area contributed by atoms with E-state index >= 15 is 0 Å². The van der Waals surface area contributed by atoms with E-state index in [9.17, 15) is 9.59 Å². The molecule has 4 heteroatoms. The van der Waals surface area contributed by atoms with Crippen molar-refractivity contribution in [3.8, 4) is 0 Å². The third kappa shape index (κ3) is 2.95. The summed E-state index contributed by atoms with van der Waals surface area (Å²) in [4.78, 5) is 22.7. The second-order valence-electron chi connectivity index (χ2n) is 5.36. The topological polar surface area (TPSA) is 66.4 Å². The molecule has 2 N–H and O–H groups in total. The molecule has 1 aromatic rings. The second kappa shape index (κ2) is 5.03. The molecule has 0 unspecified atom stereocenters. The molecule has 102 valence electrons. The Bertz CT molecular complexity index is 498. The standard InChI is InChI=1S/C15H19NO3/c1-10-7-11(2)9-12(8-10)15(4-5-15)14(19)16-6-3-13(17)18/h7-9H,3-6H2,1-2H3,(H,16,19)(H,17,18). The second-order valence-corrected chi connectivity index (χ2v) is 5.36. The van der Waals surface area contributed by atoms with Crippen molar-refractivity contribution in [2.24, 2.45) is 0 Å². The number of hydrogen-bond donors (Lipinski definition) is 2. The highest BCUT2D eigenvalue weighted by Gasteiger charge is 2.51. The van der Waals surface area contributed by atoms with Gasteiger partial charge < -0.3 is 10.4 Å². The number of benzene rings is 1. The molecule has 0 aliphatic heterocycles. The number of rotatable bonds is 5. The van der Waals surface area contributed by atoms with Crippen LogP contribution < -0.4 is 5.32 Å². The van der Waals surface area contributed by atoms with Gasteiger partial charge in [0, 0.05) is 6.54 Å². The number of carboxylic acid groups (broad SMARTS) is 1. The molecule has 0 saturated heterocycles. The van der Waals surface area contributed by atoms with E-state index in [0.29, 0.717) is 0 Å². The van der Waals surface area contributed by atoms with Crippen molar-refractivity contribution >= 4 is 11.9 Å². The summed E-state index contributed by atoms with van der Waals surface area (Å²) in [7, 11) is 0. The molecule has 0 aromatic heterocycles. The normalized spacial score (nSPS) is 15.9. The minimum absolute atomic E-state index is 0.0331. The number of nitrogens with one attached hydrogen (secondary N) is 1. The summed E-state index contributed by atoms with van der Waals surface area (Å²) in [6, 6.07) is 6.19. The van der Waals surface area contributed by atoms with Gasteiger partial charge in [0.05, 0.1) is 11.8 Å². The fourth-order valence-electron chi connectivity index (χ4n) is 2.47. The van der Waals surface area contributed by atoms with Gasteiger partial charge in [0.2, 0.25) is 5.91 Å². The molecule has 1 aliphatic carbocycles. The van der Waals surface area contributed by atoms with Gasteiger partial charge in [0.25, 0.3) is 0 Å². The first-order valence-electron chi connectivity index (χ1n) is 6.53. The molecule has 0 radical (unpaired) electrons. The zero-order valence-electron chi connectivity index (χ0n) is 11.3. The Morgan fingerprint density at radius 2 is 1.79 bits per heavy atom. The van der Waals surface area contributed by atoms with Crippen molar-refractivity contribution in [3.63, 3.8) is 0 Å². The maximum absolute atomic E-state index is 12.2. The largest absolute Gasteiger partial charge is 0.481 e. The Kier molecular flexibility index (Phi) is 3.60. The summed E-state index contributed by atoms with van der Waals surface area (Å²) < 4.78 is 0. The van der Waals surface area contributed by atoms with Gasteiger partial charge in [-0.3, -0.25) is 9.59 Å². The highest BCUT2D eigenvalue weighted by Crippen LogP contribution is 2.48. The molecule has 0 heterocycles. The van der Waals surface area contributed by atoms with E-state index in [1.807, 2.05) is 13.8 Å². The minimum atomic E-state index is -0.892. The van der Waals surface area contributed by atoms with E-state index in [1.165, 1.54) is 0 Å². The van der Waals surface area contributed by atoms with Gasteiger partial charge in [0.1, 0.15) is 0 Å². The van der Waals surface area contributed by atoms with Crippen LogP contribution in [0.3, 0.4) is 0 Å². The number of aliphatic carboxylic acids is 1. The highest BCUT2D eigenvalue weighted by molar-refractivity contribution is 5.91. The van der Waals surface area contributed by atoms with E-state index in [-0.39, 0.29) is 18.9 Å². The Hall–Kier alpha value is -1.84. The highest BCUT2D eigenvalue weighted by atomic mass is 16.4.